The highest BCUT2D eigenvalue weighted by molar-refractivity contribution is 5.99. The standard InChI is InChI=1S/C13H18N2O2/c1-15(11-5-3-2-4-6-11)12(16)13(14)7-9-17-10-8-13/h2-6H,7-10,14H2,1H3. The summed E-state index contributed by atoms with van der Waals surface area (Å²) in [7, 11) is 1.77. The van der Waals surface area contributed by atoms with Crippen molar-refractivity contribution in [1.29, 1.82) is 0 Å². The molecule has 0 aromatic heterocycles. The number of nitrogens with two attached hydrogens (primary N) is 1. The van der Waals surface area contributed by atoms with E-state index in [0.717, 1.165) is 5.69 Å². The molecule has 17 heavy (non-hydrogen) atoms. The summed E-state index contributed by atoms with van der Waals surface area (Å²) in [5.74, 6) is -0.0352. The molecule has 1 aromatic carbocycles. The molecular weight excluding hydrogens is 216 g/mol. The third-order valence-electron chi connectivity index (χ3n) is 3.26. The van der Waals surface area contributed by atoms with Crippen LogP contribution in [0, 0.1) is 0 Å². The van der Waals surface area contributed by atoms with Gasteiger partial charge in [0.25, 0.3) is 0 Å². The summed E-state index contributed by atoms with van der Waals surface area (Å²) in [6.45, 7) is 1.12. The van der Waals surface area contributed by atoms with E-state index in [1.54, 1.807) is 11.9 Å². The number of hydrogen-bond donors (Lipinski definition) is 1. The third-order valence-corrected chi connectivity index (χ3v) is 3.26. The lowest BCUT2D eigenvalue weighted by Crippen LogP contribution is -2.57. The minimum absolute atomic E-state index is 0.0352. The van der Waals surface area contributed by atoms with Gasteiger partial charge in [0.15, 0.2) is 0 Å². The van der Waals surface area contributed by atoms with Gasteiger partial charge in [0.1, 0.15) is 5.54 Å². The molecule has 0 aliphatic carbocycles. The summed E-state index contributed by atoms with van der Waals surface area (Å²) in [5, 5.41) is 0. The number of anilines is 1. The van der Waals surface area contributed by atoms with Gasteiger partial charge in [0, 0.05) is 25.9 Å². The number of likely N-dealkylation sites (N-methyl/N-ethyl adjacent to an activating group) is 1. The summed E-state index contributed by atoms with van der Waals surface area (Å²) in [6.07, 6.45) is 1.17. The Hall–Kier alpha value is -1.39. The van der Waals surface area contributed by atoms with Gasteiger partial charge in [-0.05, 0) is 25.0 Å². The molecule has 4 nitrogen and oxygen atoms in total. The van der Waals surface area contributed by atoms with Crippen molar-refractivity contribution < 1.29 is 9.53 Å². The Kier molecular flexibility index (Phi) is 3.45. The Labute approximate surface area is 101 Å². The lowest BCUT2D eigenvalue weighted by Gasteiger charge is -2.35. The molecule has 92 valence electrons. The second-order valence-electron chi connectivity index (χ2n) is 4.47. The molecule has 0 atom stereocenters. The Morgan fingerprint density at radius 1 is 1.29 bits per heavy atom. The van der Waals surface area contributed by atoms with E-state index in [0.29, 0.717) is 26.1 Å². The molecule has 0 bridgehead atoms. The van der Waals surface area contributed by atoms with Crippen LogP contribution in [-0.4, -0.2) is 31.7 Å². The lowest BCUT2D eigenvalue weighted by molar-refractivity contribution is -0.126. The zero-order valence-electron chi connectivity index (χ0n) is 10.1. The number of amides is 1. The Bertz CT molecular complexity index is 386. The van der Waals surface area contributed by atoms with E-state index in [2.05, 4.69) is 0 Å². The van der Waals surface area contributed by atoms with Crippen molar-refractivity contribution in [2.45, 2.75) is 18.4 Å². The topological polar surface area (TPSA) is 55.6 Å². The average Bonchev–Trinajstić information content (AvgIpc) is 2.39. The number of rotatable bonds is 2. The molecule has 0 radical (unpaired) electrons. The molecule has 1 heterocycles. The number of carbonyl (C=O) groups is 1. The van der Waals surface area contributed by atoms with Crippen LogP contribution in [0.4, 0.5) is 5.69 Å². The summed E-state index contributed by atoms with van der Waals surface area (Å²) >= 11 is 0. The smallest absolute Gasteiger partial charge is 0.246 e. The highest BCUT2D eigenvalue weighted by Gasteiger charge is 2.38. The molecule has 1 aliphatic heterocycles. The SMILES string of the molecule is CN(C(=O)C1(N)CCOCC1)c1ccccc1. The second-order valence-corrected chi connectivity index (χ2v) is 4.47. The van der Waals surface area contributed by atoms with Gasteiger partial charge in [0.05, 0.1) is 0 Å². The van der Waals surface area contributed by atoms with Crippen LogP contribution in [0.25, 0.3) is 0 Å². The van der Waals surface area contributed by atoms with E-state index < -0.39 is 5.54 Å². The maximum absolute atomic E-state index is 12.4. The van der Waals surface area contributed by atoms with Crippen LogP contribution in [0.5, 0.6) is 0 Å². The molecule has 0 saturated carbocycles. The maximum atomic E-state index is 12.4. The van der Waals surface area contributed by atoms with Crippen molar-refractivity contribution in [3.05, 3.63) is 30.3 Å². The van der Waals surface area contributed by atoms with Crippen LogP contribution in [0.1, 0.15) is 12.8 Å². The number of nitrogens with zero attached hydrogens (tertiary/aromatic N) is 1. The fourth-order valence-corrected chi connectivity index (χ4v) is 2.05. The van der Waals surface area contributed by atoms with Crippen molar-refractivity contribution in [2.24, 2.45) is 5.73 Å². The predicted octanol–water partition coefficient (Wildman–Crippen LogP) is 1.16. The van der Waals surface area contributed by atoms with Gasteiger partial charge in [0.2, 0.25) is 5.91 Å². The molecule has 0 unspecified atom stereocenters. The molecule has 2 N–H and O–H groups in total. The minimum Gasteiger partial charge on any atom is -0.381 e. The van der Waals surface area contributed by atoms with Crippen LogP contribution in [-0.2, 0) is 9.53 Å². The number of para-hydroxylation sites is 1. The first-order valence-corrected chi connectivity index (χ1v) is 5.83. The van der Waals surface area contributed by atoms with Gasteiger partial charge >= 0.3 is 0 Å². The van der Waals surface area contributed by atoms with E-state index in [9.17, 15) is 4.79 Å². The van der Waals surface area contributed by atoms with Gasteiger partial charge < -0.3 is 15.4 Å². The zero-order chi connectivity index (χ0) is 12.3. The molecule has 1 fully saturated rings. The molecule has 2 rings (SSSR count). The fraction of sp³-hybridized carbons (Fsp3) is 0.462. The molecule has 1 saturated heterocycles. The summed E-state index contributed by atoms with van der Waals surface area (Å²) in [6, 6.07) is 9.55. The molecule has 4 heteroatoms. The molecular formula is C13H18N2O2. The van der Waals surface area contributed by atoms with Gasteiger partial charge in [-0.2, -0.15) is 0 Å². The van der Waals surface area contributed by atoms with E-state index >= 15 is 0 Å². The van der Waals surface area contributed by atoms with E-state index in [1.165, 1.54) is 0 Å². The monoisotopic (exact) mass is 234 g/mol. The molecule has 0 spiro atoms. The summed E-state index contributed by atoms with van der Waals surface area (Å²) in [4.78, 5) is 14.0. The normalized spacial score (nSPS) is 18.7. The third kappa shape index (κ3) is 2.48. The first-order valence-electron chi connectivity index (χ1n) is 5.83. The second kappa shape index (κ2) is 4.85. The highest BCUT2D eigenvalue weighted by Crippen LogP contribution is 2.23. The van der Waals surface area contributed by atoms with Crippen molar-refractivity contribution in [2.75, 3.05) is 25.2 Å². The largest absolute Gasteiger partial charge is 0.381 e. The average molecular weight is 234 g/mol. The first-order chi connectivity index (χ1) is 8.13. The van der Waals surface area contributed by atoms with Crippen molar-refractivity contribution in [3.63, 3.8) is 0 Å². The number of ether oxygens (including phenoxy) is 1. The Morgan fingerprint density at radius 3 is 2.47 bits per heavy atom. The van der Waals surface area contributed by atoms with Gasteiger partial charge in [-0.25, -0.2) is 0 Å². The van der Waals surface area contributed by atoms with Crippen LogP contribution in [0.2, 0.25) is 0 Å². The number of carbonyl (C=O) groups excluding carboxylic acids is 1. The van der Waals surface area contributed by atoms with Gasteiger partial charge in [-0.1, -0.05) is 18.2 Å². The Balaban J connectivity index is 2.14. The van der Waals surface area contributed by atoms with Crippen LogP contribution in [0.15, 0.2) is 30.3 Å². The maximum Gasteiger partial charge on any atom is 0.246 e. The van der Waals surface area contributed by atoms with Crippen LogP contribution < -0.4 is 10.6 Å². The van der Waals surface area contributed by atoms with E-state index in [4.69, 9.17) is 10.5 Å². The van der Waals surface area contributed by atoms with Crippen molar-refractivity contribution >= 4 is 11.6 Å². The molecule has 1 amide bonds. The highest BCUT2D eigenvalue weighted by atomic mass is 16.5. The van der Waals surface area contributed by atoms with Crippen LogP contribution >= 0.6 is 0 Å². The van der Waals surface area contributed by atoms with Gasteiger partial charge in [-0.15, -0.1) is 0 Å². The molecule has 1 aromatic rings. The lowest BCUT2D eigenvalue weighted by atomic mass is 9.89. The van der Waals surface area contributed by atoms with Crippen molar-refractivity contribution in [3.8, 4) is 0 Å². The first kappa shape index (κ1) is 12.1. The Morgan fingerprint density at radius 2 is 1.88 bits per heavy atom. The quantitative estimate of drug-likeness (QED) is 0.835. The minimum atomic E-state index is -0.775. The predicted molar refractivity (Wildman–Crippen MR) is 66.8 cm³/mol. The van der Waals surface area contributed by atoms with Crippen molar-refractivity contribution in [1.82, 2.24) is 0 Å². The zero-order valence-corrected chi connectivity index (χ0v) is 10.1. The van der Waals surface area contributed by atoms with Crippen LogP contribution in [0.3, 0.4) is 0 Å². The fourth-order valence-electron chi connectivity index (χ4n) is 2.05. The number of hydrogen-bond acceptors (Lipinski definition) is 3. The summed E-state index contributed by atoms with van der Waals surface area (Å²) < 4.78 is 5.25. The number of benzene rings is 1. The summed E-state index contributed by atoms with van der Waals surface area (Å²) in [5.41, 5.74) is 6.26. The van der Waals surface area contributed by atoms with Gasteiger partial charge in [-0.3, -0.25) is 4.79 Å². The van der Waals surface area contributed by atoms with E-state index in [-0.39, 0.29) is 5.91 Å². The molecule has 1 aliphatic rings. The van der Waals surface area contributed by atoms with E-state index in [1.807, 2.05) is 30.3 Å².